The van der Waals surface area contributed by atoms with Crippen LogP contribution >= 0.6 is 11.6 Å². The van der Waals surface area contributed by atoms with Gasteiger partial charge in [-0.2, -0.15) is 0 Å². The minimum Gasteiger partial charge on any atom is -0.354 e. The van der Waals surface area contributed by atoms with Crippen molar-refractivity contribution in [3.8, 4) is 0 Å². The molecule has 0 aliphatic rings. The Kier molecular flexibility index (Phi) is 11.8. The Bertz CT molecular complexity index is 1410. The zero-order valence-electron chi connectivity index (χ0n) is 24.3. The number of anilines is 1. The quantitative estimate of drug-likeness (QED) is 0.234. The largest absolute Gasteiger partial charge is 0.354 e. The van der Waals surface area contributed by atoms with Crippen LogP contribution in [0.4, 0.5) is 5.69 Å². The lowest BCUT2D eigenvalue weighted by molar-refractivity contribution is -0.139. The molecular weight excluding hydrogens is 558 g/mol. The summed E-state index contributed by atoms with van der Waals surface area (Å²) in [5.41, 5.74) is 3.29. The molecule has 0 aliphatic carbocycles. The molecular formula is C32H40ClN3O4S. The second-order valence-corrected chi connectivity index (χ2v) is 12.4. The molecule has 7 nitrogen and oxygen atoms in total. The number of amides is 2. The number of nitrogens with one attached hydrogen (secondary N) is 1. The van der Waals surface area contributed by atoms with Gasteiger partial charge in [0.15, 0.2) is 0 Å². The van der Waals surface area contributed by atoms with Crippen LogP contribution in [0.25, 0.3) is 0 Å². The van der Waals surface area contributed by atoms with Crippen LogP contribution in [-0.2, 0) is 26.0 Å². The van der Waals surface area contributed by atoms with Crippen LogP contribution in [0, 0.1) is 13.8 Å². The maximum Gasteiger partial charge on any atom is 0.264 e. The smallest absolute Gasteiger partial charge is 0.264 e. The van der Waals surface area contributed by atoms with Gasteiger partial charge >= 0.3 is 0 Å². The topological polar surface area (TPSA) is 86.8 Å². The van der Waals surface area contributed by atoms with Crippen LogP contribution in [-0.4, -0.2) is 50.8 Å². The summed E-state index contributed by atoms with van der Waals surface area (Å²) in [7, 11) is -4.14. The maximum absolute atomic E-state index is 14.1. The summed E-state index contributed by atoms with van der Waals surface area (Å²) in [6.07, 6.45) is 2.69. The molecule has 9 heteroatoms. The van der Waals surface area contributed by atoms with Gasteiger partial charge in [-0.1, -0.05) is 68.3 Å². The van der Waals surface area contributed by atoms with Gasteiger partial charge in [0.2, 0.25) is 11.8 Å². The first-order chi connectivity index (χ1) is 19.6. The van der Waals surface area contributed by atoms with E-state index in [1.165, 1.54) is 29.2 Å². The second kappa shape index (κ2) is 15.0. The lowest BCUT2D eigenvalue weighted by atomic mass is 10.1. The number of aryl methyl sites for hydroxylation is 2. The van der Waals surface area contributed by atoms with E-state index in [9.17, 15) is 18.0 Å². The van der Waals surface area contributed by atoms with Crippen molar-refractivity contribution < 1.29 is 18.0 Å². The third kappa shape index (κ3) is 8.57. The molecule has 0 aliphatic heterocycles. The third-order valence-electron chi connectivity index (χ3n) is 7.16. The lowest BCUT2D eigenvalue weighted by Crippen LogP contribution is -2.53. The normalized spacial score (nSPS) is 12.0. The van der Waals surface area contributed by atoms with Crippen molar-refractivity contribution >= 4 is 39.1 Å². The molecule has 3 aromatic rings. The lowest BCUT2D eigenvalue weighted by Gasteiger charge is -2.33. The van der Waals surface area contributed by atoms with Crippen molar-refractivity contribution in [2.24, 2.45) is 0 Å². The summed E-state index contributed by atoms with van der Waals surface area (Å²) in [6.45, 7) is 8.07. The number of rotatable bonds is 14. The predicted octanol–water partition coefficient (Wildman–Crippen LogP) is 5.92. The van der Waals surface area contributed by atoms with Gasteiger partial charge < -0.3 is 10.2 Å². The van der Waals surface area contributed by atoms with Crippen LogP contribution < -0.4 is 9.62 Å². The van der Waals surface area contributed by atoms with E-state index in [0.29, 0.717) is 30.1 Å². The van der Waals surface area contributed by atoms with Gasteiger partial charge in [-0.05, 0) is 86.2 Å². The fourth-order valence-electron chi connectivity index (χ4n) is 4.55. The first-order valence-electron chi connectivity index (χ1n) is 14.0. The van der Waals surface area contributed by atoms with Crippen LogP contribution in [0.3, 0.4) is 0 Å². The summed E-state index contributed by atoms with van der Waals surface area (Å²) in [4.78, 5) is 28.9. The van der Waals surface area contributed by atoms with E-state index in [2.05, 4.69) is 5.32 Å². The van der Waals surface area contributed by atoms with E-state index in [4.69, 9.17) is 11.6 Å². The first-order valence-corrected chi connectivity index (χ1v) is 15.9. The number of benzene rings is 3. The molecule has 0 saturated carbocycles. The minimum atomic E-state index is -4.14. The fraction of sp³-hybridized carbons (Fsp3) is 0.375. The highest BCUT2D eigenvalue weighted by atomic mass is 35.5. The molecule has 0 aromatic heterocycles. The van der Waals surface area contributed by atoms with E-state index in [1.54, 1.807) is 12.1 Å². The van der Waals surface area contributed by atoms with Gasteiger partial charge in [0.25, 0.3) is 10.0 Å². The Morgan fingerprint density at radius 2 is 1.61 bits per heavy atom. The van der Waals surface area contributed by atoms with Gasteiger partial charge in [-0.15, -0.1) is 0 Å². The SMILES string of the molecule is CCCCNC(=O)C(CC)N(CCc1ccccc1)C(=O)CN(c1ccc(C)c(C)c1)S(=O)(=O)c1ccc(Cl)cc1. The van der Waals surface area contributed by atoms with Crippen LogP contribution in [0.1, 0.15) is 49.8 Å². The minimum absolute atomic E-state index is 0.0214. The number of carbonyl (C=O) groups is 2. The number of carbonyl (C=O) groups excluding carboxylic acids is 2. The van der Waals surface area contributed by atoms with E-state index in [1.807, 2.05) is 64.1 Å². The summed E-state index contributed by atoms with van der Waals surface area (Å²) >= 11 is 6.03. The summed E-state index contributed by atoms with van der Waals surface area (Å²) in [5, 5.41) is 3.36. The van der Waals surface area contributed by atoms with Crippen molar-refractivity contribution in [3.05, 3.63) is 94.5 Å². The van der Waals surface area contributed by atoms with Crippen molar-refractivity contribution in [2.45, 2.75) is 64.3 Å². The predicted molar refractivity (Wildman–Crippen MR) is 166 cm³/mol. The number of nitrogens with zero attached hydrogens (tertiary/aromatic N) is 2. The number of sulfonamides is 1. The first kappa shape index (κ1) is 32.2. The van der Waals surface area contributed by atoms with Crippen LogP contribution in [0.5, 0.6) is 0 Å². The van der Waals surface area contributed by atoms with E-state index >= 15 is 0 Å². The maximum atomic E-state index is 14.1. The average molecular weight is 598 g/mol. The highest BCUT2D eigenvalue weighted by molar-refractivity contribution is 7.92. The van der Waals surface area contributed by atoms with Gasteiger partial charge in [-0.25, -0.2) is 8.42 Å². The van der Waals surface area contributed by atoms with Crippen molar-refractivity contribution in [1.82, 2.24) is 10.2 Å². The third-order valence-corrected chi connectivity index (χ3v) is 9.20. The Balaban J connectivity index is 2.01. The van der Waals surface area contributed by atoms with E-state index in [-0.39, 0.29) is 17.3 Å². The molecule has 0 spiro atoms. The number of halogens is 1. The molecule has 0 saturated heterocycles. The average Bonchev–Trinajstić information content (AvgIpc) is 2.96. The van der Waals surface area contributed by atoms with Gasteiger partial charge in [-0.3, -0.25) is 13.9 Å². The second-order valence-electron chi connectivity index (χ2n) is 10.1. The molecule has 41 heavy (non-hydrogen) atoms. The number of hydrogen-bond acceptors (Lipinski definition) is 4. The van der Waals surface area contributed by atoms with Gasteiger partial charge in [0.05, 0.1) is 10.6 Å². The molecule has 3 rings (SSSR count). The molecule has 0 radical (unpaired) electrons. The highest BCUT2D eigenvalue weighted by Gasteiger charge is 2.33. The molecule has 1 N–H and O–H groups in total. The summed E-state index contributed by atoms with van der Waals surface area (Å²) < 4.78 is 29.0. The molecule has 2 amide bonds. The summed E-state index contributed by atoms with van der Waals surface area (Å²) in [5.74, 6) is -0.685. The van der Waals surface area contributed by atoms with Crippen LogP contribution in [0.15, 0.2) is 77.7 Å². The standard InChI is InChI=1S/C32H40ClN3O4S/c1-5-7-20-34-32(38)30(6-2)35(21-19-26-11-9-8-10-12-26)31(37)23-36(28-16-13-24(3)25(4)22-28)41(39,40)29-17-14-27(33)15-18-29/h8-18,22,30H,5-7,19-21,23H2,1-4H3,(H,34,38). The zero-order chi connectivity index (χ0) is 30.0. The van der Waals surface area contributed by atoms with Crippen molar-refractivity contribution in [1.29, 1.82) is 0 Å². The molecule has 220 valence electrons. The van der Waals surface area contributed by atoms with Gasteiger partial charge in [0.1, 0.15) is 12.6 Å². The van der Waals surface area contributed by atoms with E-state index < -0.39 is 28.5 Å². The highest BCUT2D eigenvalue weighted by Crippen LogP contribution is 2.27. The van der Waals surface area contributed by atoms with E-state index in [0.717, 1.165) is 33.8 Å². The van der Waals surface area contributed by atoms with Crippen molar-refractivity contribution in [2.75, 3.05) is 23.9 Å². The Labute approximate surface area is 249 Å². The van der Waals surface area contributed by atoms with Crippen LogP contribution in [0.2, 0.25) is 5.02 Å². The zero-order valence-corrected chi connectivity index (χ0v) is 25.8. The molecule has 3 aromatic carbocycles. The molecule has 1 atom stereocenters. The Morgan fingerprint density at radius 3 is 2.22 bits per heavy atom. The number of unbranched alkanes of at least 4 members (excludes halogenated alkanes) is 1. The monoisotopic (exact) mass is 597 g/mol. The van der Waals surface area contributed by atoms with Gasteiger partial charge in [0, 0.05) is 18.1 Å². The number of hydrogen-bond donors (Lipinski definition) is 1. The molecule has 0 heterocycles. The Hall–Kier alpha value is -3.36. The molecule has 0 fully saturated rings. The fourth-order valence-corrected chi connectivity index (χ4v) is 6.08. The van der Waals surface area contributed by atoms with Crippen molar-refractivity contribution in [3.63, 3.8) is 0 Å². The summed E-state index contributed by atoms with van der Waals surface area (Å²) in [6, 6.07) is 20.2. The Morgan fingerprint density at radius 1 is 0.927 bits per heavy atom. The molecule has 1 unspecified atom stereocenters. The molecule has 0 bridgehead atoms.